The van der Waals surface area contributed by atoms with Gasteiger partial charge in [-0.1, -0.05) is 25.1 Å². The minimum absolute atomic E-state index is 0.0755. The molecule has 0 unspecified atom stereocenters. The Labute approximate surface area is 158 Å². The van der Waals surface area contributed by atoms with E-state index in [4.69, 9.17) is 4.74 Å². The van der Waals surface area contributed by atoms with Crippen molar-refractivity contribution in [1.29, 1.82) is 0 Å². The molecule has 2 rings (SSSR count). The number of nitrogens with one attached hydrogen (secondary N) is 2. The molecule has 2 aromatic rings. The third-order valence-corrected chi connectivity index (χ3v) is 4.77. The molecule has 0 radical (unpaired) electrons. The van der Waals surface area contributed by atoms with Gasteiger partial charge in [0.25, 0.3) is 0 Å². The van der Waals surface area contributed by atoms with Gasteiger partial charge in [0.1, 0.15) is 5.75 Å². The van der Waals surface area contributed by atoms with E-state index in [0.29, 0.717) is 24.5 Å². The first-order chi connectivity index (χ1) is 12.6. The van der Waals surface area contributed by atoms with Gasteiger partial charge in [-0.3, -0.25) is 14.5 Å². The lowest BCUT2D eigenvalue weighted by Crippen LogP contribution is -2.41. The molecular formula is C19H25N3O3S. The van der Waals surface area contributed by atoms with E-state index >= 15 is 0 Å². The zero-order valence-corrected chi connectivity index (χ0v) is 16.0. The zero-order valence-electron chi connectivity index (χ0n) is 15.2. The standard InChI is InChI=1S/C19H25N3O3S/c1-3-22(13-18(23)20-11-10-15-7-6-12-26-15)14-19(24)21-16-8-4-5-9-17(16)25-2/h4-9,12H,3,10-11,13-14H2,1-2H3,(H,20,23)(H,21,24). The van der Waals surface area contributed by atoms with E-state index in [1.54, 1.807) is 35.5 Å². The average Bonchev–Trinajstić information content (AvgIpc) is 3.15. The minimum Gasteiger partial charge on any atom is -0.495 e. The van der Waals surface area contributed by atoms with Gasteiger partial charge in [-0.25, -0.2) is 0 Å². The summed E-state index contributed by atoms with van der Waals surface area (Å²) < 4.78 is 5.23. The number of ether oxygens (including phenoxy) is 1. The van der Waals surface area contributed by atoms with Crippen molar-refractivity contribution < 1.29 is 14.3 Å². The SMILES string of the molecule is CCN(CC(=O)NCCc1cccs1)CC(=O)Nc1ccccc1OC. The molecule has 0 aliphatic heterocycles. The predicted molar refractivity (Wildman–Crippen MR) is 105 cm³/mol. The Kier molecular flexibility index (Phi) is 8.11. The van der Waals surface area contributed by atoms with Crippen LogP contribution in [0.2, 0.25) is 0 Å². The van der Waals surface area contributed by atoms with Crippen LogP contribution in [0.1, 0.15) is 11.8 Å². The molecule has 1 heterocycles. The van der Waals surface area contributed by atoms with Gasteiger partial charge in [0.05, 0.1) is 25.9 Å². The second-order valence-electron chi connectivity index (χ2n) is 5.73. The van der Waals surface area contributed by atoms with Crippen molar-refractivity contribution >= 4 is 28.8 Å². The van der Waals surface area contributed by atoms with Crippen LogP contribution in [0.15, 0.2) is 41.8 Å². The summed E-state index contributed by atoms with van der Waals surface area (Å²) >= 11 is 1.68. The molecule has 140 valence electrons. The largest absolute Gasteiger partial charge is 0.495 e. The van der Waals surface area contributed by atoms with Gasteiger partial charge in [0.2, 0.25) is 11.8 Å². The summed E-state index contributed by atoms with van der Waals surface area (Å²) in [5, 5.41) is 7.75. The summed E-state index contributed by atoms with van der Waals surface area (Å²) in [5.41, 5.74) is 0.622. The van der Waals surface area contributed by atoms with Crippen LogP contribution in [0.5, 0.6) is 5.75 Å². The lowest BCUT2D eigenvalue weighted by Gasteiger charge is -2.19. The molecule has 0 fully saturated rings. The van der Waals surface area contributed by atoms with Gasteiger partial charge in [-0.05, 0) is 36.5 Å². The lowest BCUT2D eigenvalue weighted by atomic mass is 10.3. The highest BCUT2D eigenvalue weighted by Gasteiger charge is 2.14. The van der Waals surface area contributed by atoms with Gasteiger partial charge >= 0.3 is 0 Å². The Hall–Kier alpha value is -2.38. The molecule has 26 heavy (non-hydrogen) atoms. The fourth-order valence-corrected chi connectivity index (χ4v) is 3.17. The van der Waals surface area contributed by atoms with E-state index in [1.807, 2.05) is 30.5 Å². The van der Waals surface area contributed by atoms with Crippen LogP contribution in [0, 0.1) is 0 Å². The van der Waals surface area contributed by atoms with Crippen molar-refractivity contribution in [2.24, 2.45) is 0 Å². The van der Waals surface area contributed by atoms with Gasteiger partial charge in [0.15, 0.2) is 0 Å². The van der Waals surface area contributed by atoms with Crippen LogP contribution < -0.4 is 15.4 Å². The monoisotopic (exact) mass is 375 g/mol. The van der Waals surface area contributed by atoms with Crippen LogP contribution in [-0.4, -0.2) is 50.0 Å². The lowest BCUT2D eigenvalue weighted by molar-refractivity contribution is -0.123. The topological polar surface area (TPSA) is 70.7 Å². The van der Waals surface area contributed by atoms with Crippen molar-refractivity contribution in [3.63, 3.8) is 0 Å². The van der Waals surface area contributed by atoms with Crippen molar-refractivity contribution in [2.45, 2.75) is 13.3 Å². The maximum Gasteiger partial charge on any atom is 0.238 e. The predicted octanol–water partition coefficient (Wildman–Crippen LogP) is 2.38. The second kappa shape index (κ2) is 10.6. The van der Waals surface area contributed by atoms with E-state index in [1.165, 1.54) is 4.88 Å². The number of carbonyl (C=O) groups excluding carboxylic acids is 2. The van der Waals surface area contributed by atoms with Crippen molar-refractivity contribution in [3.8, 4) is 5.75 Å². The summed E-state index contributed by atoms with van der Waals surface area (Å²) in [5.74, 6) is 0.353. The molecule has 0 aliphatic carbocycles. The molecule has 0 bridgehead atoms. The number of anilines is 1. The van der Waals surface area contributed by atoms with E-state index in [0.717, 1.165) is 6.42 Å². The number of rotatable bonds is 10. The second-order valence-corrected chi connectivity index (χ2v) is 6.76. The summed E-state index contributed by atoms with van der Waals surface area (Å²) in [6, 6.07) is 11.3. The van der Waals surface area contributed by atoms with Gasteiger partial charge < -0.3 is 15.4 Å². The van der Waals surface area contributed by atoms with E-state index < -0.39 is 0 Å². The molecule has 1 aromatic carbocycles. The number of amides is 2. The smallest absolute Gasteiger partial charge is 0.238 e. The molecular weight excluding hydrogens is 350 g/mol. The number of hydrogen-bond donors (Lipinski definition) is 2. The van der Waals surface area contributed by atoms with E-state index in [-0.39, 0.29) is 24.9 Å². The summed E-state index contributed by atoms with van der Waals surface area (Å²) in [6.45, 7) is 3.48. The summed E-state index contributed by atoms with van der Waals surface area (Å²) in [6.07, 6.45) is 0.823. The van der Waals surface area contributed by atoms with Crippen LogP contribution in [-0.2, 0) is 16.0 Å². The Morgan fingerprint density at radius 1 is 1.12 bits per heavy atom. The Morgan fingerprint density at radius 3 is 2.58 bits per heavy atom. The maximum atomic E-state index is 12.3. The van der Waals surface area contributed by atoms with Crippen molar-refractivity contribution in [2.75, 3.05) is 38.6 Å². The zero-order chi connectivity index (χ0) is 18.8. The molecule has 1 aromatic heterocycles. The number of thiophene rings is 1. The maximum absolute atomic E-state index is 12.3. The fourth-order valence-electron chi connectivity index (χ4n) is 2.46. The van der Waals surface area contributed by atoms with Crippen LogP contribution in [0.4, 0.5) is 5.69 Å². The number of nitrogens with zero attached hydrogens (tertiary/aromatic N) is 1. The quantitative estimate of drug-likeness (QED) is 0.669. The van der Waals surface area contributed by atoms with E-state index in [2.05, 4.69) is 16.7 Å². The van der Waals surface area contributed by atoms with Crippen molar-refractivity contribution in [3.05, 3.63) is 46.7 Å². The first-order valence-corrected chi connectivity index (χ1v) is 9.44. The Bertz CT molecular complexity index is 704. The normalized spacial score (nSPS) is 10.6. The van der Waals surface area contributed by atoms with Crippen LogP contribution in [0.25, 0.3) is 0 Å². The average molecular weight is 375 g/mol. The number of likely N-dealkylation sites (N-methyl/N-ethyl adjacent to an activating group) is 1. The molecule has 6 nitrogen and oxygen atoms in total. The Balaban J connectivity index is 1.76. The number of carbonyl (C=O) groups is 2. The Morgan fingerprint density at radius 2 is 1.88 bits per heavy atom. The molecule has 0 spiro atoms. The third kappa shape index (κ3) is 6.50. The van der Waals surface area contributed by atoms with Gasteiger partial charge in [0, 0.05) is 11.4 Å². The number of methoxy groups -OCH3 is 1. The number of para-hydroxylation sites is 2. The molecule has 2 N–H and O–H groups in total. The van der Waals surface area contributed by atoms with Crippen LogP contribution in [0.3, 0.4) is 0 Å². The van der Waals surface area contributed by atoms with Crippen molar-refractivity contribution in [1.82, 2.24) is 10.2 Å². The summed E-state index contributed by atoms with van der Waals surface area (Å²) in [7, 11) is 1.56. The number of hydrogen-bond acceptors (Lipinski definition) is 5. The molecule has 2 amide bonds. The highest BCUT2D eigenvalue weighted by atomic mass is 32.1. The first kappa shape index (κ1) is 19.9. The third-order valence-electron chi connectivity index (χ3n) is 3.84. The molecule has 0 aliphatic rings. The number of benzene rings is 1. The molecule has 7 heteroatoms. The highest BCUT2D eigenvalue weighted by Crippen LogP contribution is 2.22. The van der Waals surface area contributed by atoms with E-state index in [9.17, 15) is 9.59 Å². The van der Waals surface area contributed by atoms with Gasteiger partial charge in [-0.15, -0.1) is 11.3 Å². The minimum atomic E-state index is -0.178. The first-order valence-electron chi connectivity index (χ1n) is 8.56. The van der Waals surface area contributed by atoms with Gasteiger partial charge in [-0.2, -0.15) is 0 Å². The van der Waals surface area contributed by atoms with Crippen LogP contribution >= 0.6 is 11.3 Å². The highest BCUT2D eigenvalue weighted by molar-refractivity contribution is 7.09. The molecule has 0 saturated heterocycles. The molecule has 0 saturated carbocycles. The molecule has 0 atom stereocenters. The fraction of sp³-hybridized carbons (Fsp3) is 0.368. The summed E-state index contributed by atoms with van der Waals surface area (Å²) in [4.78, 5) is 27.4.